The van der Waals surface area contributed by atoms with E-state index in [1.54, 1.807) is 25.4 Å². The molecule has 0 saturated carbocycles. The predicted octanol–water partition coefficient (Wildman–Crippen LogP) is 2.36. The van der Waals surface area contributed by atoms with Gasteiger partial charge in [-0.15, -0.1) is 0 Å². The lowest BCUT2D eigenvalue weighted by Gasteiger charge is -2.34. The molecule has 0 bridgehead atoms. The number of hydrogen-bond acceptors (Lipinski definition) is 7. The number of carbonyl (C=O) groups is 2. The number of amides is 3. The van der Waals surface area contributed by atoms with Crippen LogP contribution >= 0.6 is 0 Å². The number of hydrogen-bond donors (Lipinski definition) is 2. The molecule has 0 atom stereocenters. The molecule has 2 aliphatic heterocycles. The summed E-state index contributed by atoms with van der Waals surface area (Å²) < 4.78 is 10.6. The van der Waals surface area contributed by atoms with E-state index in [1.807, 2.05) is 29.2 Å². The Morgan fingerprint density at radius 3 is 2.85 bits per heavy atom. The molecule has 1 fully saturated rings. The highest BCUT2D eigenvalue weighted by Crippen LogP contribution is 2.28. The van der Waals surface area contributed by atoms with Crippen LogP contribution in [0.4, 0.5) is 16.2 Å². The summed E-state index contributed by atoms with van der Waals surface area (Å²) in [5.41, 5.74) is 3.76. The van der Waals surface area contributed by atoms with Gasteiger partial charge in [0.05, 0.1) is 24.0 Å². The first kappa shape index (κ1) is 21.9. The lowest BCUT2D eigenvalue weighted by atomic mass is 10.1. The maximum absolute atomic E-state index is 12.9. The number of nitrogens with one attached hydrogen (secondary N) is 2. The molecule has 0 unspecified atom stereocenters. The molecule has 0 spiro atoms. The third kappa shape index (κ3) is 4.72. The summed E-state index contributed by atoms with van der Waals surface area (Å²) in [7, 11) is 1.56. The summed E-state index contributed by atoms with van der Waals surface area (Å²) >= 11 is 0. The largest absolute Gasteiger partial charge is 0.482 e. The first-order chi connectivity index (χ1) is 16.6. The molecule has 34 heavy (non-hydrogen) atoms. The summed E-state index contributed by atoms with van der Waals surface area (Å²) in [6.45, 7) is 3.80. The van der Waals surface area contributed by atoms with Gasteiger partial charge in [0, 0.05) is 45.0 Å². The summed E-state index contributed by atoms with van der Waals surface area (Å²) in [5, 5.41) is 5.83. The number of methoxy groups -OCH3 is 1. The zero-order chi connectivity index (χ0) is 23.5. The Balaban J connectivity index is 1.14. The number of rotatable bonds is 5. The van der Waals surface area contributed by atoms with Crippen LogP contribution in [0.3, 0.4) is 0 Å². The lowest BCUT2D eigenvalue weighted by molar-refractivity contribution is -0.118. The molecule has 2 aliphatic rings. The van der Waals surface area contributed by atoms with E-state index < -0.39 is 0 Å². The zero-order valence-electron chi connectivity index (χ0n) is 18.9. The molecule has 3 amide bonds. The van der Waals surface area contributed by atoms with Crippen LogP contribution in [0.25, 0.3) is 11.0 Å². The Hall–Kier alpha value is -3.92. The number of pyridine rings is 2. The average molecular weight is 463 g/mol. The van der Waals surface area contributed by atoms with Crippen LogP contribution in [0.15, 0.2) is 42.6 Å². The van der Waals surface area contributed by atoms with Crippen molar-refractivity contribution < 1.29 is 19.1 Å². The van der Waals surface area contributed by atoms with Crippen molar-refractivity contribution in [1.82, 2.24) is 19.8 Å². The monoisotopic (exact) mass is 462 g/mol. The van der Waals surface area contributed by atoms with E-state index in [1.165, 1.54) is 0 Å². The van der Waals surface area contributed by atoms with Crippen LogP contribution < -0.4 is 20.1 Å². The molecule has 1 saturated heterocycles. The SMILES string of the molecule is COc1ccc2nccc(NC(=O)N3CCN(CCc4ccc5c(c4)NC(=O)CO5)CC3)c2n1. The Morgan fingerprint density at radius 2 is 2.03 bits per heavy atom. The highest BCUT2D eigenvalue weighted by atomic mass is 16.5. The van der Waals surface area contributed by atoms with Crippen molar-refractivity contribution in [3.63, 3.8) is 0 Å². The maximum atomic E-state index is 12.9. The molecule has 2 aromatic heterocycles. The summed E-state index contributed by atoms with van der Waals surface area (Å²) in [4.78, 5) is 37.3. The number of anilines is 2. The van der Waals surface area contributed by atoms with Crippen LogP contribution in [0.5, 0.6) is 11.6 Å². The highest BCUT2D eigenvalue weighted by Gasteiger charge is 2.22. The van der Waals surface area contributed by atoms with Gasteiger partial charge >= 0.3 is 6.03 Å². The summed E-state index contributed by atoms with van der Waals surface area (Å²) in [6.07, 6.45) is 2.51. The first-order valence-electron chi connectivity index (χ1n) is 11.2. The standard InChI is InChI=1S/C24H26N6O4/c1-33-22-5-3-17-23(28-22)18(6-8-25-17)27-24(32)30-12-10-29(11-13-30)9-7-16-2-4-20-19(14-16)26-21(31)15-34-20/h2-6,8,14H,7,9-13,15H2,1H3,(H,26,31)(H,25,27,32). The van der Waals surface area contributed by atoms with Gasteiger partial charge in [-0.2, -0.15) is 0 Å². The van der Waals surface area contributed by atoms with Crippen LogP contribution in [-0.4, -0.2) is 78.1 Å². The van der Waals surface area contributed by atoms with E-state index in [0.717, 1.165) is 37.3 Å². The van der Waals surface area contributed by atoms with Gasteiger partial charge in [-0.05, 0) is 36.2 Å². The Morgan fingerprint density at radius 1 is 1.18 bits per heavy atom. The van der Waals surface area contributed by atoms with Gasteiger partial charge in [0.15, 0.2) is 6.61 Å². The van der Waals surface area contributed by atoms with Crippen LogP contribution in [0, 0.1) is 0 Å². The molecule has 0 aliphatic carbocycles. The van der Waals surface area contributed by atoms with E-state index in [4.69, 9.17) is 9.47 Å². The van der Waals surface area contributed by atoms with E-state index in [2.05, 4.69) is 25.5 Å². The number of benzene rings is 1. The second-order valence-electron chi connectivity index (χ2n) is 8.26. The number of aromatic nitrogens is 2. The van der Waals surface area contributed by atoms with Crippen molar-refractivity contribution in [1.29, 1.82) is 0 Å². The van der Waals surface area contributed by atoms with Gasteiger partial charge in [0.1, 0.15) is 11.3 Å². The minimum atomic E-state index is -0.151. The summed E-state index contributed by atoms with van der Waals surface area (Å²) in [5.74, 6) is 1.05. The van der Waals surface area contributed by atoms with Crippen molar-refractivity contribution >= 4 is 34.3 Å². The molecule has 4 heterocycles. The highest BCUT2D eigenvalue weighted by molar-refractivity contribution is 5.98. The molecule has 176 valence electrons. The van der Waals surface area contributed by atoms with Crippen molar-refractivity contribution in [2.45, 2.75) is 6.42 Å². The molecule has 0 radical (unpaired) electrons. The molecule has 10 nitrogen and oxygen atoms in total. The molecule has 2 N–H and O–H groups in total. The lowest BCUT2D eigenvalue weighted by Crippen LogP contribution is -2.50. The fourth-order valence-electron chi connectivity index (χ4n) is 4.16. The van der Waals surface area contributed by atoms with Crippen molar-refractivity contribution in [3.05, 3.63) is 48.2 Å². The van der Waals surface area contributed by atoms with Gasteiger partial charge in [0.2, 0.25) is 5.88 Å². The van der Waals surface area contributed by atoms with Gasteiger partial charge < -0.3 is 25.0 Å². The first-order valence-corrected chi connectivity index (χ1v) is 11.2. The predicted molar refractivity (Wildman–Crippen MR) is 127 cm³/mol. The normalized spacial score (nSPS) is 15.9. The Labute approximate surface area is 196 Å². The van der Waals surface area contributed by atoms with Crippen LogP contribution in [0.1, 0.15) is 5.56 Å². The average Bonchev–Trinajstić information content (AvgIpc) is 2.87. The van der Waals surface area contributed by atoms with Crippen molar-refractivity contribution in [2.24, 2.45) is 0 Å². The molecule has 1 aromatic carbocycles. The fraction of sp³-hybridized carbons (Fsp3) is 0.333. The van der Waals surface area contributed by atoms with Gasteiger partial charge in [-0.3, -0.25) is 14.7 Å². The Bertz CT molecular complexity index is 1230. The van der Waals surface area contributed by atoms with E-state index >= 15 is 0 Å². The molecular formula is C24H26N6O4. The second kappa shape index (κ2) is 9.52. The smallest absolute Gasteiger partial charge is 0.321 e. The number of carbonyl (C=O) groups excluding carboxylic acids is 2. The third-order valence-corrected chi connectivity index (χ3v) is 6.06. The van der Waals surface area contributed by atoms with Crippen molar-refractivity contribution in [3.8, 4) is 11.6 Å². The second-order valence-corrected chi connectivity index (χ2v) is 8.26. The quantitative estimate of drug-likeness (QED) is 0.599. The van der Waals surface area contributed by atoms with Gasteiger partial charge in [0.25, 0.3) is 5.91 Å². The van der Waals surface area contributed by atoms with Crippen LogP contribution in [0.2, 0.25) is 0 Å². The number of fused-ring (bicyclic) bond motifs is 2. The summed E-state index contributed by atoms with van der Waals surface area (Å²) in [6, 6.07) is 11.1. The van der Waals surface area contributed by atoms with E-state index in [-0.39, 0.29) is 18.5 Å². The number of urea groups is 1. The molecular weight excluding hydrogens is 436 g/mol. The third-order valence-electron chi connectivity index (χ3n) is 6.06. The topological polar surface area (TPSA) is 109 Å². The minimum Gasteiger partial charge on any atom is -0.482 e. The van der Waals surface area contributed by atoms with Crippen molar-refractivity contribution in [2.75, 3.05) is 57.1 Å². The molecule has 3 aromatic rings. The van der Waals surface area contributed by atoms with Gasteiger partial charge in [-0.25, -0.2) is 9.78 Å². The maximum Gasteiger partial charge on any atom is 0.321 e. The van der Waals surface area contributed by atoms with E-state index in [9.17, 15) is 9.59 Å². The number of piperazine rings is 1. The van der Waals surface area contributed by atoms with E-state index in [0.29, 0.717) is 41.4 Å². The van der Waals surface area contributed by atoms with Crippen LogP contribution in [-0.2, 0) is 11.2 Å². The fourth-order valence-corrected chi connectivity index (χ4v) is 4.16. The number of ether oxygens (including phenoxy) is 2. The molecule has 5 rings (SSSR count). The zero-order valence-corrected chi connectivity index (χ0v) is 18.9. The number of nitrogens with zero attached hydrogens (tertiary/aromatic N) is 4. The molecule has 10 heteroatoms. The Kier molecular flexibility index (Phi) is 6.13. The minimum absolute atomic E-state index is 0.0618. The van der Waals surface area contributed by atoms with Gasteiger partial charge in [-0.1, -0.05) is 6.07 Å².